The van der Waals surface area contributed by atoms with Crippen LogP contribution in [0.5, 0.6) is 0 Å². The zero-order valence-corrected chi connectivity index (χ0v) is 27.4. The van der Waals surface area contributed by atoms with Gasteiger partial charge in [-0.15, -0.1) is 0 Å². The lowest BCUT2D eigenvalue weighted by Gasteiger charge is -2.11. The first-order chi connectivity index (χ1) is 25.3. The number of hydrogen-bond acceptors (Lipinski definition) is 4. The predicted molar refractivity (Wildman–Crippen MR) is 206 cm³/mol. The van der Waals surface area contributed by atoms with Gasteiger partial charge in [0.2, 0.25) is 0 Å². The van der Waals surface area contributed by atoms with E-state index < -0.39 is 0 Å². The highest BCUT2D eigenvalue weighted by atomic mass is 16.3. The molecule has 0 fully saturated rings. The normalized spacial score (nSPS) is 12.2. The molecule has 238 valence electrons. The molecule has 7 aromatic carbocycles. The van der Waals surface area contributed by atoms with Gasteiger partial charge in [0, 0.05) is 44.1 Å². The fourth-order valence-electron chi connectivity index (χ4n) is 7.96. The molecule has 0 saturated carbocycles. The Morgan fingerprint density at radius 1 is 0.451 bits per heavy atom. The minimum Gasteiger partial charge on any atom is -0.455 e. The van der Waals surface area contributed by atoms with Crippen molar-refractivity contribution < 1.29 is 4.42 Å². The minimum absolute atomic E-state index is 0.624. The molecule has 10 aromatic rings. The van der Waals surface area contributed by atoms with Crippen molar-refractivity contribution >= 4 is 43.7 Å². The SMILES string of the molecule is c1ccc(-c2nc(-c3ccccc3)nc(-c3cccc(-n4c5ccccc5c5c6oc7c8c(ccc7c6ccc54)Cc4ccccc4-8)c3)n2)cc1. The second-order valence-electron chi connectivity index (χ2n) is 13.2. The molecule has 0 unspecified atom stereocenters. The summed E-state index contributed by atoms with van der Waals surface area (Å²) in [7, 11) is 0. The lowest BCUT2D eigenvalue weighted by molar-refractivity contribution is 0.674. The molecule has 0 spiro atoms. The number of fused-ring (bicyclic) bond motifs is 11. The maximum Gasteiger partial charge on any atom is 0.164 e. The lowest BCUT2D eigenvalue weighted by Crippen LogP contribution is -2.01. The summed E-state index contributed by atoms with van der Waals surface area (Å²) in [6, 6.07) is 55.0. The van der Waals surface area contributed by atoms with Crippen molar-refractivity contribution in [2.75, 3.05) is 0 Å². The van der Waals surface area contributed by atoms with Gasteiger partial charge < -0.3 is 8.98 Å². The fraction of sp³-hybridized carbons (Fsp3) is 0.0217. The Labute approximate surface area is 293 Å². The van der Waals surface area contributed by atoms with Gasteiger partial charge in [-0.1, -0.05) is 127 Å². The van der Waals surface area contributed by atoms with Crippen molar-refractivity contribution in [2.24, 2.45) is 0 Å². The number of hydrogen-bond donors (Lipinski definition) is 0. The highest BCUT2D eigenvalue weighted by Gasteiger charge is 2.25. The van der Waals surface area contributed by atoms with E-state index >= 15 is 0 Å². The van der Waals surface area contributed by atoms with Crippen molar-refractivity contribution in [3.8, 4) is 51.0 Å². The third-order valence-electron chi connectivity index (χ3n) is 10.3. The van der Waals surface area contributed by atoms with Crippen LogP contribution in [0.15, 0.2) is 162 Å². The van der Waals surface area contributed by atoms with E-state index in [4.69, 9.17) is 19.4 Å². The standard InChI is InChI=1S/C46H28N4O/c1-3-12-28(13-4-1)44-47-45(29-14-5-2-6-15-29)49-46(48-44)32-17-11-18-33(27-32)50-38-21-10-9-20-37(38)41-39(50)25-24-36-35-23-22-31-26-30-16-7-8-19-34(30)40(31)42(35)51-43(36)41/h1-25,27H,26H2. The molecule has 11 rings (SSSR count). The molecular weight excluding hydrogens is 625 g/mol. The molecule has 0 bridgehead atoms. The van der Waals surface area contributed by atoms with Crippen molar-refractivity contribution in [3.05, 3.63) is 169 Å². The van der Waals surface area contributed by atoms with E-state index in [-0.39, 0.29) is 0 Å². The van der Waals surface area contributed by atoms with E-state index in [9.17, 15) is 0 Å². The molecule has 0 saturated heterocycles. The maximum absolute atomic E-state index is 6.99. The van der Waals surface area contributed by atoms with E-state index in [0.717, 1.165) is 72.5 Å². The second-order valence-corrected chi connectivity index (χ2v) is 13.2. The predicted octanol–water partition coefficient (Wildman–Crippen LogP) is 11.4. The Balaban J connectivity index is 1.13. The van der Waals surface area contributed by atoms with Gasteiger partial charge in [0.15, 0.2) is 17.5 Å². The average Bonchev–Trinajstić information content (AvgIpc) is 3.88. The monoisotopic (exact) mass is 652 g/mol. The van der Waals surface area contributed by atoms with Crippen LogP contribution >= 0.6 is 0 Å². The van der Waals surface area contributed by atoms with Crippen LogP contribution in [0.1, 0.15) is 11.1 Å². The summed E-state index contributed by atoms with van der Waals surface area (Å²) >= 11 is 0. The number of rotatable bonds is 4. The van der Waals surface area contributed by atoms with Crippen molar-refractivity contribution in [1.82, 2.24) is 19.5 Å². The molecule has 51 heavy (non-hydrogen) atoms. The summed E-state index contributed by atoms with van der Waals surface area (Å²) in [5, 5.41) is 4.55. The van der Waals surface area contributed by atoms with Gasteiger partial charge in [-0.25, -0.2) is 15.0 Å². The third-order valence-corrected chi connectivity index (χ3v) is 10.3. The summed E-state index contributed by atoms with van der Waals surface area (Å²) in [5.41, 5.74) is 13.1. The number of para-hydroxylation sites is 1. The second kappa shape index (κ2) is 10.8. The van der Waals surface area contributed by atoms with Gasteiger partial charge in [-0.2, -0.15) is 0 Å². The summed E-state index contributed by atoms with van der Waals surface area (Å²) in [4.78, 5) is 14.9. The molecule has 0 atom stereocenters. The van der Waals surface area contributed by atoms with E-state index in [0.29, 0.717) is 17.5 Å². The fourth-order valence-corrected chi connectivity index (χ4v) is 7.96. The van der Waals surface area contributed by atoms with Crippen LogP contribution in [-0.2, 0) is 6.42 Å². The highest BCUT2D eigenvalue weighted by Crippen LogP contribution is 2.47. The van der Waals surface area contributed by atoms with Crippen molar-refractivity contribution in [2.45, 2.75) is 6.42 Å². The van der Waals surface area contributed by atoms with Gasteiger partial charge in [0.05, 0.1) is 16.4 Å². The zero-order chi connectivity index (χ0) is 33.5. The quantitative estimate of drug-likeness (QED) is 0.190. The van der Waals surface area contributed by atoms with E-state index in [1.165, 1.54) is 22.3 Å². The molecule has 1 aliphatic rings. The molecule has 0 radical (unpaired) electrons. The van der Waals surface area contributed by atoms with Crippen molar-refractivity contribution in [1.29, 1.82) is 0 Å². The smallest absolute Gasteiger partial charge is 0.164 e. The van der Waals surface area contributed by atoms with Gasteiger partial charge in [-0.3, -0.25) is 0 Å². The summed E-state index contributed by atoms with van der Waals surface area (Å²) in [6.45, 7) is 0. The van der Waals surface area contributed by atoms with Crippen LogP contribution in [0.4, 0.5) is 0 Å². The number of nitrogens with zero attached hydrogens (tertiary/aromatic N) is 4. The van der Waals surface area contributed by atoms with Crippen molar-refractivity contribution in [3.63, 3.8) is 0 Å². The Hall–Kier alpha value is -6.85. The maximum atomic E-state index is 6.99. The molecular formula is C46H28N4O. The van der Waals surface area contributed by atoms with Crippen LogP contribution in [0, 0.1) is 0 Å². The molecule has 1 aliphatic carbocycles. The number of aromatic nitrogens is 4. The number of benzene rings is 7. The topological polar surface area (TPSA) is 56.7 Å². The molecule has 0 aliphatic heterocycles. The Morgan fingerprint density at radius 2 is 1.08 bits per heavy atom. The molecule has 5 nitrogen and oxygen atoms in total. The summed E-state index contributed by atoms with van der Waals surface area (Å²) < 4.78 is 9.32. The van der Waals surface area contributed by atoms with E-state index in [1.54, 1.807) is 0 Å². The first-order valence-corrected chi connectivity index (χ1v) is 17.2. The molecule has 0 N–H and O–H groups in total. The Morgan fingerprint density at radius 3 is 1.86 bits per heavy atom. The van der Waals surface area contributed by atoms with Gasteiger partial charge in [-0.05, 0) is 53.4 Å². The van der Waals surface area contributed by atoms with Gasteiger partial charge in [0.1, 0.15) is 11.2 Å². The Kier molecular flexibility index (Phi) is 5.95. The van der Waals surface area contributed by atoms with E-state index in [1.807, 2.05) is 60.7 Å². The Bertz CT molecular complexity index is 2940. The van der Waals surface area contributed by atoms with Gasteiger partial charge in [0.25, 0.3) is 0 Å². The average molecular weight is 653 g/mol. The number of furan rings is 1. The molecule has 3 aromatic heterocycles. The van der Waals surface area contributed by atoms with E-state index in [2.05, 4.69) is 102 Å². The molecule has 5 heteroatoms. The lowest BCUT2D eigenvalue weighted by atomic mass is 10.0. The van der Waals surface area contributed by atoms with Crippen LogP contribution in [-0.4, -0.2) is 19.5 Å². The minimum atomic E-state index is 0.624. The van der Waals surface area contributed by atoms with Crippen LogP contribution < -0.4 is 0 Å². The molecule has 3 heterocycles. The largest absolute Gasteiger partial charge is 0.455 e. The van der Waals surface area contributed by atoms with Crippen LogP contribution in [0.3, 0.4) is 0 Å². The highest BCUT2D eigenvalue weighted by molar-refractivity contribution is 6.25. The summed E-state index contributed by atoms with van der Waals surface area (Å²) in [6.07, 6.45) is 0.935. The molecule has 0 amide bonds. The van der Waals surface area contributed by atoms with Gasteiger partial charge >= 0.3 is 0 Å². The first kappa shape index (κ1) is 28.0. The third kappa shape index (κ3) is 4.25. The zero-order valence-electron chi connectivity index (χ0n) is 27.4. The van der Waals surface area contributed by atoms with Crippen LogP contribution in [0.25, 0.3) is 94.7 Å². The first-order valence-electron chi connectivity index (χ1n) is 17.2. The van der Waals surface area contributed by atoms with Crippen LogP contribution in [0.2, 0.25) is 0 Å². The summed E-state index contributed by atoms with van der Waals surface area (Å²) in [5.74, 6) is 1.91.